The minimum absolute atomic E-state index is 0.326. The summed E-state index contributed by atoms with van der Waals surface area (Å²) in [5, 5.41) is 0. The first-order chi connectivity index (χ1) is 6.22. The minimum Gasteiger partial charge on any atom is -0.467 e. The highest BCUT2D eigenvalue weighted by molar-refractivity contribution is 14.1. The highest BCUT2D eigenvalue weighted by atomic mass is 127. The molecule has 0 radical (unpaired) electrons. The molecule has 4 heteroatoms. The van der Waals surface area contributed by atoms with E-state index in [1.807, 2.05) is 19.1 Å². The number of benzene rings is 1. The van der Waals surface area contributed by atoms with Gasteiger partial charge in [-0.15, -0.1) is 0 Å². The number of rotatable bonds is 4. The Hall–Kier alpha value is 0.440. The molecule has 0 fully saturated rings. The van der Waals surface area contributed by atoms with Crippen molar-refractivity contribution in [3.05, 3.63) is 25.3 Å². The van der Waals surface area contributed by atoms with Crippen molar-refractivity contribution in [1.29, 1.82) is 0 Å². The minimum atomic E-state index is 0.326. The standard InChI is InChI=1S/C9H10I2O2/c1-2-12-6-13-9-4-7(10)3-8(11)5-9/h3-5H,2,6H2,1H3. The van der Waals surface area contributed by atoms with Gasteiger partial charge >= 0.3 is 0 Å². The molecule has 0 aromatic heterocycles. The van der Waals surface area contributed by atoms with E-state index >= 15 is 0 Å². The van der Waals surface area contributed by atoms with E-state index < -0.39 is 0 Å². The van der Waals surface area contributed by atoms with E-state index in [1.165, 1.54) is 7.14 Å². The van der Waals surface area contributed by atoms with Crippen molar-refractivity contribution >= 4 is 45.2 Å². The summed E-state index contributed by atoms with van der Waals surface area (Å²) in [4.78, 5) is 0. The van der Waals surface area contributed by atoms with E-state index in [-0.39, 0.29) is 0 Å². The Balaban J connectivity index is 2.56. The van der Waals surface area contributed by atoms with Crippen molar-refractivity contribution in [3.63, 3.8) is 0 Å². The molecule has 1 rings (SSSR count). The first-order valence-electron chi connectivity index (χ1n) is 3.89. The molecule has 0 aliphatic rings. The maximum absolute atomic E-state index is 5.38. The van der Waals surface area contributed by atoms with E-state index in [1.54, 1.807) is 0 Å². The summed E-state index contributed by atoms with van der Waals surface area (Å²) < 4.78 is 12.8. The van der Waals surface area contributed by atoms with Gasteiger partial charge in [0.1, 0.15) is 5.75 Å². The molecule has 2 nitrogen and oxygen atoms in total. The van der Waals surface area contributed by atoms with Crippen LogP contribution >= 0.6 is 45.2 Å². The summed E-state index contributed by atoms with van der Waals surface area (Å²) in [5.41, 5.74) is 0. The van der Waals surface area contributed by atoms with Crippen molar-refractivity contribution in [2.45, 2.75) is 6.92 Å². The van der Waals surface area contributed by atoms with Gasteiger partial charge in [0.15, 0.2) is 6.79 Å². The molecule has 0 unspecified atom stereocenters. The highest BCUT2D eigenvalue weighted by Gasteiger charge is 1.97. The van der Waals surface area contributed by atoms with Crippen LogP contribution in [0, 0.1) is 7.14 Å². The molecule has 0 amide bonds. The van der Waals surface area contributed by atoms with Gasteiger partial charge in [0, 0.05) is 13.7 Å². The van der Waals surface area contributed by atoms with E-state index in [0.29, 0.717) is 13.4 Å². The van der Waals surface area contributed by atoms with Crippen LogP contribution in [0.3, 0.4) is 0 Å². The largest absolute Gasteiger partial charge is 0.467 e. The molecule has 1 aromatic carbocycles. The Morgan fingerprint density at radius 3 is 2.31 bits per heavy atom. The molecule has 0 atom stereocenters. The topological polar surface area (TPSA) is 18.5 Å². The maximum Gasteiger partial charge on any atom is 0.189 e. The van der Waals surface area contributed by atoms with Gasteiger partial charge < -0.3 is 9.47 Å². The lowest BCUT2D eigenvalue weighted by molar-refractivity contribution is 0.0223. The fraction of sp³-hybridized carbons (Fsp3) is 0.333. The van der Waals surface area contributed by atoms with Crippen LogP contribution in [0.1, 0.15) is 6.92 Å². The average Bonchev–Trinajstić information content (AvgIpc) is 2.03. The number of hydrogen-bond donors (Lipinski definition) is 0. The third-order valence-electron chi connectivity index (χ3n) is 1.35. The summed E-state index contributed by atoms with van der Waals surface area (Å²) in [7, 11) is 0. The molecule has 0 aliphatic heterocycles. The molecule has 13 heavy (non-hydrogen) atoms. The van der Waals surface area contributed by atoms with Crippen LogP contribution in [0.5, 0.6) is 5.75 Å². The predicted molar refractivity (Wildman–Crippen MR) is 69.0 cm³/mol. The Morgan fingerprint density at radius 2 is 1.77 bits per heavy atom. The summed E-state index contributed by atoms with van der Waals surface area (Å²) in [6.07, 6.45) is 0. The fourth-order valence-corrected chi connectivity index (χ4v) is 2.69. The molecular weight excluding hydrogens is 394 g/mol. The van der Waals surface area contributed by atoms with Crippen molar-refractivity contribution in [1.82, 2.24) is 0 Å². The summed E-state index contributed by atoms with van der Waals surface area (Å²) in [6, 6.07) is 6.07. The molecule has 0 N–H and O–H groups in total. The van der Waals surface area contributed by atoms with Crippen LogP contribution in [-0.2, 0) is 4.74 Å². The molecular formula is C9H10I2O2. The third kappa shape index (κ3) is 4.46. The van der Waals surface area contributed by atoms with Crippen LogP contribution in [0.25, 0.3) is 0 Å². The van der Waals surface area contributed by atoms with Crippen LogP contribution in [0.2, 0.25) is 0 Å². The molecule has 0 saturated carbocycles. The number of ether oxygens (including phenoxy) is 2. The lowest BCUT2D eigenvalue weighted by atomic mass is 10.3. The van der Waals surface area contributed by atoms with Crippen molar-refractivity contribution < 1.29 is 9.47 Å². The first kappa shape index (κ1) is 11.5. The van der Waals surface area contributed by atoms with Crippen molar-refractivity contribution in [2.75, 3.05) is 13.4 Å². The molecule has 0 spiro atoms. The lowest BCUT2D eigenvalue weighted by Gasteiger charge is -2.06. The second-order valence-corrected chi connectivity index (χ2v) is 4.85. The third-order valence-corrected chi connectivity index (χ3v) is 2.59. The maximum atomic E-state index is 5.38. The molecule has 0 bridgehead atoms. The first-order valence-corrected chi connectivity index (χ1v) is 6.04. The molecule has 0 aliphatic carbocycles. The Bertz CT molecular complexity index is 256. The molecule has 0 saturated heterocycles. The van der Waals surface area contributed by atoms with Gasteiger partial charge in [0.05, 0.1) is 0 Å². The van der Waals surface area contributed by atoms with Crippen molar-refractivity contribution in [2.24, 2.45) is 0 Å². The average molecular weight is 404 g/mol. The summed E-state index contributed by atoms with van der Waals surface area (Å²) in [6.45, 7) is 2.95. The monoisotopic (exact) mass is 404 g/mol. The zero-order valence-electron chi connectivity index (χ0n) is 7.22. The molecule has 0 heterocycles. The second-order valence-electron chi connectivity index (χ2n) is 2.36. The Labute approximate surface area is 105 Å². The van der Waals surface area contributed by atoms with Crippen LogP contribution < -0.4 is 4.74 Å². The highest BCUT2D eigenvalue weighted by Crippen LogP contribution is 2.19. The van der Waals surface area contributed by atoms with E-state index in [2.05, 4.69) is 51.2 Å². The summed E-state index contributed by atoms with van der Waals surface area (Å²) >= 11 is 4.53. The molecule has 1 aromatic rings. The van der Waals surface area contributed by atoms with E-state index in [4.69, 9.17) is 9.47 Å². The van der Waals surface area contributed by atoms with Crippen LogP contribution in [-0.4, -0.2) is 13.4 Å². The quantitative estimate of drug-likeness (QED) is 0.436. The Morgan fingerprint density at radius 1 is 1.15 bits per heavy atom. The predicted octanol–water partition coefficient (Wildman–Crippen LogP) is 3.27. The normalized spacial score (nSPS) is 10.1. The molecule has 72 valence electrons. The van der Waals surface area contributed by atoms with Gasteiger partial charge in [-0.2, -0.15) is 0 Å². The zero-order valence-corrected chi connectivity index (χ0v) is 11.5. The SMILES string of the molecule is CCOCOc1cc(I)cc(I)c1. The van der Waals surface area contributed by atoms with Gasteiger partial charge in [-0.25, -0.2) is 0 Å². The van der Waals surface area contributed by atoms with Crippen molar-refractivity contribution in [3.8, 4) is 5.75 Å². The number of hydrogen-bond acceptors (Lipinski definition) is 2. The van der Waals surface area contributed by atoms with Gasteiger partial charge in [-0.05, 0) is 70.3 Å². The van der Waals surface area contributed by atoms with Gasteiger partial charge in [-0.3, -0.25) is 0 Å². The second kappa shape index (κ2) is 6.02. The number of halogens is 2. The van der Waals surface area contributed by atoms with Gasteiger partial charge in [0.25, 0.3) is 0 Å². The van der Waals surface area contributed by atoms with E-state index in [0.717, 1.165) is 5.75 Å². The fourth-order valence-electron chi connectivity index (χ4n) is 0.805. The van der Waals surface area contributed by atoms with Gasteiger partial charge in [-0.1, -0.05) is 0 Å². The zero-order chi connectivity index (χ0) is 9.68. The smallest absolute Gasteiger partial charge is 0.189 e. The van der Waals surface area contributed by atoms with Crippen LogP contribution in [0.4, 0.5) is 0 Å². The van der Waals surface area contributed by atoms with E-state index in [9.17, 15) is 0 Å². The lowest BCUT2D eigenvalue weighted by Crippen LogP contribution is -2.02. The van der Waals surface area contributed by atoms with Crippen LogP contribution in [0.15, 0.2) is 18.2 Å². The Kier molecular flexibility index (Phi) is 5.34. The summed E-state index contributed by atoms with van der Waals surface area (Å²) in [5.74, 6) is 0.866. The van der Waals surface area contributed by atoms with Gasteiger partial charge in [0.2, 0.25) is 0 Å².